The molecule has 3 rings (SSSR count). The van der Waals surface area contributed by atoms with Crippen molar-refractivity contribution in [2.24, 2.45) is 5.92 Å². The Morgan fingerprint density at radius 3 is 2.88 bits per heavy atom. The Bertz CT molecular complexity index is 727. The third-order valence-corrected chi connectivity index (χ3v) is 4.51. The number of carbonyl (C=O) groups excluding carboxylic acids is 1. The van der Waals surface area contributed by atoms with Gasteiger partial charge in [-0.2, -0.15) is 4.98 Å². The molecule has 1 aliphatic rings. The van der Waals surface area contributed by atoms with E-state index in [2.05, 4.69) is 20.4 Å². The minimum absolute atomic E-state index is 0.0554. The number of ether oxygens (including phenoxy) is 2. The quantitative estimate of drug-likeness (QED) is 0.806. The molecule has 0 aromatic carbocycles. The Morgan fingerprint density at radius 2 is 2.19 bits per heavy atom. The summed E-state index contributed by atoms with van der Waals surface area (Å²) < 4.78 is 15.9. The topological polar surface area (TPSA) is 99.4 Å². The number of hydrogen-bond acceptors (Lipinski definition) is 7. The van der Waals surface area contributed by atoms with Crippen molar-refractivity contribution in [1.82, 2.24) is 20.4 Å². The van der Waals surface area contributed by atoms with Crippen LogP contribution in [0.4, 0.5) is 0 Å². The van der Waals surface area contributed by atoms with Crippen LogP contribution in [-0.4, -0.2) is 41.4 Å². The van der Waals surface area contributed by atoms with Crippen molar-refractivity contribution in [3.05, 3.63) is 35.7 Å². The van der Waals surface area contributed by atoms with E-state index in [1.165, 1.54) is 0 Å². The van der Waals surface area contributed by atoms with E-state index >= 15 is 0 Å². The molecule has 0 radical (unpaired) electrons. The van der Waals surface area contributed by atoms with Crippen molar-refractivity contribution in [3.63, 3.8) is 0 Å². The van der Waals surface area contributed by atoms with Crippen LogP contribution >= 0.6 is 0 Å². The maximum atomic E-state index is 12.5. The van der Waals surface area contributed by atoms with Gasteiger partial charge in [0.25, 0.3) is 0 Å². The molecule has 0 spiro atoms. The van der Waals surface area contributed by atoms with E-state index in [-0.39, 0.29) is 17.9 Å². The highest BCUT2D eigenvalue weighted by Gasteiger charge is 2.31. The Morgan fingerprint density at radius 1 is 1.38 bits per heavy atom. The van der Waals surface area contributed by atoms with Crippen LogP contribution in [0.2, 0.25) is 0 Å². The zero-order valence-electron chi connectivity index (χ0n) is 15.1. The van der Waals surface area contributed by atoms with E-state index in [1.54, 1.807) is 26.4 Å². The molecule has 140 valence electrons. The molecule has 2 aromatic heterocycles. The largest absolute Gasteiger partial charge is 0.495 e. The van der Waals surface area contributed by atoms with E-state index in [0.717, 1.165) is 18.4 Å². The second kappa shape index (κ2) is 8.75. The van der Waals surface area contributed by atoms with Crippen LogP contribution in [-0.2, 0) is 16.0 Å². The summed E-state index contributed by atoms with van der Waals surface area (Å²) in [6.45, 7) is 3.13. The van der Waals surface area contributed by atoms with Gasteiger partial charge in [-0.15, -0.1) is 0 Å². The summed E-state index contributed by atoms with van der Waals surface area (Å²) in [6, 6.07) is 1.61. The highest BCUT2D eigenvalue weighted by molar-refractivity contribution is 5.76. The lowest BCUT2D eigenvalue weighted by Crippen LogP contribution is -2.36. The van der Waals surface area contributed by atoms with Crippen molar-refractivity contribution in [2.45, 2.75) is 38.6 Å². The lowest BCUT2D eigenvalue weighted by molar-refractivity contribution is -0.122. The molecule has 1 amide bonds. The lowest BCUT2D eigenvalue weighted by Gasteiger charge is -2.28. The van der Waals surface area contributed by atoms with Gasteiger partial charge in [-0.1, -0.05) is 5.16 Å². The minimum atomic E-state index is -0.281. The first-order chi connectivity index (χ1) is 12.7. The summed E-state index contributed by atoms with van der Waals surface area (Å²) in [6.07, 6.45) is 6.02. The average molecular weight is 360 g/mol. The predicted octanol–water partition coefficient (Wildman–Crippen LogP) is 2.00. The van der Waals surface area contributed by atoms with Gasteiger partial charge in [0.2, 0.25) is 11.8 Å². The molecule has 0 aliphatic carbocycles. The number of hydrogen-bond donors (Lipinski definition) is 1. The number of rotatable bonds is 7. The molecule has 3 heterocycles. The van der Waals surface area contributed by atoms with E-state index in [9.17, 15) is 4.79 Å². The molecule has 1 N–H and O–H groups in total. The van der Waals surface area contributed by atoms with Crippen molar-refractivity contribution >= 4 is 5.91 Å². The van der Waals surface area contributed by atoms with Crippen LogP contribution in [0.15, 0.2) is 23.0 Å². The summed E-state index contributed by atoms with van der Waals surface area (Å²) in [4.78, 5) is 21.0. The summed E-state index contributed by atoms with van der Waals surface area (Å²) in [5, 5.41) is 6.93. The van der Waals surface area contributed by atoms with Gasteiger partial charge >= 0.3 is 0 Å². The van der Waals surface area contributed by atoms with Crippen molar-refractivity contribution in [1.29, 1.82) is 0 Å². The molecule has 1 saturated heterocycles. The van der Waals surface area contributed by atoms with Crippen LogP contribution in [0.5, 0.6) is 5.75 Å². The highest BCUT2D eigenvalue weighted by Crippen LogP contribution is 2.29. The number of carbonyl (C=O) groups is 1. The van der Waals surface area contributed by atoms with E-state index < -0.39 is 0 Å². The first-order valence-electron chi connectivity index (χ1n) is 8.81. The van der Waals surface area contributed by atoms with E-state index in [0.29, 0.717) is 43.5 Å². The van der Waals surface area contributed by atoms with Crippen molar-refractivity contribution in [2.75, 3.05) is 20.3 Å². The zero-order valence-corrected chi connectivity index (χ0v) is 15.1. The Hall–Kier alpha value is -2.48. The van der Waals surface area contributed by atoms with Crippen molar-refractivity contribution in [3.8, 4) is 5.75 Å². The van der Waals surface area contributed by atoms with Gasteiger partial charge in [0.15, 0.2) is 5.82 Å². The lowest BCUT2D eigenvalue weighted by atomic mass is 9.91. The number of nitrogens with zero attached hydrogens (tertiary/aromatic N) is 3. The number of aromatic nitrogens is 3. The number of aryl methyl sites for hydroxylation is 2. The zero-order chi connectivity index (χ0) is 18.4. The second-order valence-corrected chi connectivity index (χ2v) is 6.41. The summed E-state index contributed by atoms with van der Waals surface area (Å²) >= 11 is 0. The van der Waals surface area contributed by atoms with Gasteiger partial charge in [-0.05, 0) is 43.7 Å². The van der Waals surface area contributed by atoms with Gasteiger partial charge in [-0.3, -0.25) is 9.78 Å². The fraction of sp³-hybridized carbons (Fsp3) is 0.556. The molecular formula is C18H24N4O4. The normalized spacial score (nSPS) is 16.2. The predicted molar refractivity (Wildman–Crippen MR) is 92.6 cm³/mol. The number of amides is 1. The maximum Gasteiger partial charge on any atom is 0.249 e. The molecule has 0 saturated carbocycles. The standard InChI is InChI=1S/C18H24N4O4/c1-12-20-18(26-22-12)17(14-5-7-25-8-6-14)21-16(23)4-3-13-9-15(24-2)11-19-10-13/h9-11,14,17H,3-8H2,1-2H3,(H,21,23). The molecule has 0 bridgehead atoms. The molecule has 1 aliphatic heterocycles. The van der Waals surface area contributed by atoms with Gasteiger partial charge in [0.1, 0.15) is 11.8 Å². The molecule has 8 heteroatoms. The number of nitrogens with one attached hydrogen (secondary N) is 1. The molecule has 2 aromatic rings. The van der Waals surface area contributed by atoms with Gasteiger partial charge < -0.3 is 19.3 Å². The van der Waals surface area contributed by atoms with Gasteiger partial charge in [0, 0.05) is 25.8 Å². The fourth-order valence-electron chi connectivity index (χ4n) is 3.09. The van der Waals surface area contributed by atoms with E-state index in [1.807, 2.05) is 6.07 Å². The molecule has 1 fully saturated rings. The molecule has 26 heavy (non-hydrogen) atoms. The first kappa shape index (κ1) is 18.3. The maximum absolute atomic E-state index is 12.5. The number of methoxy groups -OCH3 is 1. The third-order valence-electron chi connectivity index (χ3n) is 4.51. The van der Waals surface area contributed by atoms with Crippen LogP contribution in [0.1, 0.15) is 42.6 Å². The Balaban J connectivity index is 1.62. The van der Waals surface area contributed by atoms with Gasteiger partial charge in [-0.25, -0.2) is 0 Å². The SMILES string of the molecule is COc1cncc(CCC(=O)NC(c2nc(C)no2)C2CCOCC2)c1. The Kier molecular flexibility index (Phi) is 6.17. The Labute approximate surface area is 152 Å². The van der Waals surface area contributed by atoms with Crippen LogP contribution in [0.25, 0.3) is 0 Å². The van der Waals surface area contributed by atoms with Crippen LogP contribution in [0, 0.1) is 12.8 Å². The number of pyridine rings is 1. The van der Waals surface area contributed by atoms with Gasteiger partial charge in [0.05, 0.1) is 13.3 Å². The monoisotopic (exact) mass is 360 g/mol. The fourth-order valence-corrected chi connectivity index (χ4v) is 3.09. The molecule has 1 atom stereocenters. The first-order valence-corrected chi connectivity index (χ1v) is 8.81. The van der Waals surface area contributed by atoms with E-state index in [4.69, 9.17) is 14.0 Å². The van der Waals surface area contributed by atoms with Crippen LogP contribution in [0.3, 0.4) is 0 Å². The minimum Gasteiger partial charge on any atom is -0.495 e. The summed E-state index contributed by atoms with van der Waals surface area (Å²) in [5.74, 6) is 1.88. The molecule has 1 unspecified atom stereocenters. The summed E-state index contributed by atoms with van der Waals surface area (Å²) in [7, 11) is 1.60. The molecule has 8 nitrogen and oxygen atoms in total. The smallest absolute Gasteiger partial charge is 0.249 e. The summed E-state index contributed by atoms with van der Waals surface area (Å²) in [5.41, 5.74) is 0.954. The second-order valence-electron chi connectivity index (χ2n) is 6.41. The van der Waals surface area contributed by atoms with Crippen LogP contribution < -0.4 is 10.1 Å². The highest BCUT2D eigenvalue weighted by atomic mass is 16.5. The average Bonchev–Trinajstić information content (AvgIpc) is 3.11. The third kappa shape index (κ3) is 4.78. The van der Waals surface area contributed by atoms with Crippen molar-refractivity contribution < 1.29 is 18.8 Å². The molecular weight excluding hydrogens is 336 g/mol.